The summed E-state index contributed by atoms with van der Waals surface area (Å²) in [6, 6.07) is 3.27. The molecule has 1 aromatic rings. The predicted octanol–water partition coefficient (Wildman–Crippen LogP) is 3.04. The number of hydrogen-bond donors (Lipinski definition) is 1. The number of ether oxygens (including phenoxy) is 1. The van der Waals surface area contributed by atoms with E-state index < -0.39 is 0 Å². The van der Waals surface area contributed by atoms with E-state index >= 15 is 0 Å². The number of carbonyl (C=O) groups excluding carboxylic acids is 1. The zero-order valence-corrected chi connectivity index (χ0v) is 11.8. The Balaban J connectivity index is 2.00. The lowest BCUT2D eigenvalue weighted by Gasteiger charge is -2.38. The number of carbonyl (C=O) groups is 1. The van der Waals surface area contributed by atoms with Crippen LogP contribution in [0.25, 0.3) is 0 Å². The zero-order chi connectivity index (χ0) is 14.0. The number of aromatic nitrogens is 1. The van der Waals surface area contributed by atoms with Crippen LogP contribution >= 0.6 is 0 Å². The fourth-order valence-corrected chi connectivity index (χ4v) is 3.09. The molecule has 4 nitrogen and oxygen atoms in total. The first-order valence-electron chi connectivity index (χ1n) is 6.78. The van der Waals surface area contributed by atoms with Crippen LogP contribution < -0.4 is 5.73 Å². The van der Waals surface area contributed by atoms with Crippen LogP contribution in [0.3, 0.4) is 0 Å². The standard InChI is InChI=1S/C15H22N2O2/c1-10-6-12(8-15(2,3)7-10)19-14(18)11-4-5-13(16)17-9-11/h4-5,9-10,12H,6-8H2,1-3H3,(H2,16,17). The Hall–Kier alpha value is -1.58. The smallest absolute Gasteiger partial charge is 0.339 e. The van der Waals surface area contributed by atoms with Crippen molar-refractivity contribution in [2.45, 2.75) is 46.1 Å². The number of pyridine rings is 1. The largest absolute Gasteiger partial charge is 0.459 e. The quantitative estimate of drug-likeness (QED) is 0.832. The molecule has 2 rings (SSSR count). The van der Waals surface area contributed by atoms with Crippen LogP contribution in [0.1, 0.15) is 50.4 Å². The van der Waals surface area contributed by atoms with Crippen molar-refractivity contribution >= 4 is 11.8 Å². The molecule has 1 aromatic heterocycles. The molecule has 1 fully saturated rings. The monoisotopic (exact) mass is 262 g/mol. The van der Waals surface area contributed by atoms with Crippen molar-refractivity contribution in [1.29, 1.82) is 0 Å². The van der Waals surface area contributed by atoms with Crippen LogP contribution in [0.2, 0.25) is 0 Å². The van der Waals surface area contributed by atoms with Crippen LogP contribution in [0.5, 0.6) is 0 Å². The lowest BCUT2D eigenvalue weighted by atomic mass is 9.71. The van der Waals surface area contributed by atoms with Crippen molar-refractivity contribution in [2.24, 2.45) is 11.3 Å². The van der Waals surface area contributed by atoms with E-state index in [0.717, 1.165) is 12.8 Å². The highest BCUT2D eigenvalue weighted by Gasteiger charge is 2.34. The van der Waals surface area contributed by atoms with Gasteiger partial charge in [0.1, 0.15) is 11.9 Å². The molecule has 0 aromatic carbocycles. The Kier molecular flexibility index (Phi) is 3.78. The summed E-state index contributed by atoms with van der Waals surface area (Å²) in [6.45, 7) is 6.68. The minimum atomic E-state index is -0.303. The highest BCUT2D eigenvalue weighted by Crippen LogP contribution is 2.39. The van der Waals surface area contributed by atoms with E-state index in [1.165, 1.54) is 12.6 Å². The van der Waals surface area contributed by atoms with Gasteiger partial charge in [-0.3, -0.25) is 0 Å². The van der Waals surface area contributed by atoms with E-state index in [-0.39, 0.29) is 17.5 Å². The maximum absolute atomic E-state index is 12.0. The van der Waals surface area contributed by atoms with Gasteiger partial charge in [0.05, 0.1) is 5.56 Å². The molecule has 2 atom stereocenters. The second-order valence-electron chi connectivity index (χ2n) is 6.41. The average Bonchev–Trinajstić information content (AvgIpc) is 2.26. The van der Waals surface area contributed by atoms with Crippen LogP contribution in [-0.2, 0) is 4.74 Å². The third-order valence-electron chi connectivity index (χ3n) is 3.64. The Morgan fingerprint density at radius 1 is 1.42 bits per heavy atom. The highest BCUT2D eigenvalue weighted by atomic mass is 16.5. The first-order chi connectivity index (χ1) is 8.85. The molecular formula is C15H22N2O2. The van der Waals surface area contributed by atoms with Gasteiger partial charge >= 0.3 is 5.97 Å². The molecule has 1 aliphatic rings. The van der Waals surface area contributed by atoms with E-state index in [2.05, 4.69) is 25.8 Å². The normalized spacial score (nSPS) is 25.8. The van der Waals surface area contributed by atoms with Gasteiger partial charge in [-0.1, -0.05) is 20.8 Å². The molecule has 1 saturated carbocycles. The summed E-state index contributed by atoms with van der Waals surface area (Å²) in [7, 11) is 0. The van der Waals surface area contributed by atoms with E-state index in [0.29, 0.717) is 17.3 Å². The summed E-state index contributed by atoms with van der Waals surface area (Å²) in [6.07, 6.45) is 4.52. The molecular weight excluding hydrogens is 240 g/mol. The van der Waals surface area contributed by atoms with Gasteiger partial charge in [0.2, 0.25) is 0 Å². The minimum absolute atomic E-state index is 0.00352. The Morgan fingerprint density at radius 2 is 2.16 bits per heavy atom. The molecule has 0 bridgehead atoms. The van der Waals surface area contributed by atoms with Crippen molar-refractivity contribution in [3.8, 4) is 0 Å². The van der Waals surface area contributed by atoms with Crippen LogP contribution in [0.4, 0.5) is 5.82 Å². The third kappa shape index (κ3) is 3.69. The summed E-state index contributed by atoms with van der Waals surface area (Å²) in [5, 5.41) is 0. The van der Waals surface area contributed by atoms with Gasteiger partial charge in [-0.15, -0.1) is 0 Å². The molecule has 104 valence electrons. The summed E-state index contributed by atoms with van der Waals surface area (Å²) >= 11 is 0. The van der Waals surface area contributed by atoms with Crippen molar-refractivity contribution in [1.82, 2.24) is 4.98 Å². The second kappa shape index (κ2) is 5.19. The van der Waals surface area contributed by atoms with Crippen molar-refractivity contribution in [3.05, 3.63) is 23.9 Å². The van der Waals surface area contributed by atoms with Gasteiger partial charge in [-0.05, 0) is 42.7 Å². The summed E-state index contributed by atoms with van der Waals surface area (Å²) in [5.74, 6) is 0.692. The van der Waals surface area contributed by atoms with Gasteiger partial charge in [0, 0.05) is 6.20 Å². The van der Waals surface area contributed by atoms with Gasteiger partial charge in [0.25, 0.3) is 0 Å². The average molecular weight is 262 g/mol. The number of nitrogen functional groups attached to an aromatic ring is 1. The first kappa shape index (κ1) is 13.8. The molecule has 2 unspecified atom stereocenters. The maximum Gasteiger partial charge on any atom is 0.339 e. The van der Waals surface area contributed by atoms with Gasteiger partial charge in [0.15, 0.2) is 0 Å². The zero-order valence-electron chi connectivity index (χ0n) is 11.8. The van der Waals surface area contributed by atoms with Gasteiger partial charge in [-0.25, -0.2) is 9.78 Å². The Labute approximate surface area is 114 Å². The molecule has 0 amide bonds. The Bertz CT molecular complexity index is 454. The number of esters is 1. The topological polar surface area (TPSA) is 65.2 Å². The van der Waals surface area contributed by atoms with E-state index in [1.54, 1.807) is 12.1 Å². The van der Waals surface area contributed by atoms with Crippen LogP contribution in [-0.4, -0.2) is 17.1 Å². The summed E-state index contributed by atoms with van der Waals surface area (Å²) in [4.78, 5) is 16.0. The van der Waals surface area contributed by atoms with Crippen molar-refractivity contribution in [2.75, 3.05) is 5.73 Å². The van der Waals surface area contributed by atoms with Crippen molar-refractivity contribution in [3.63, 3.8) is 0 Å². The fourth-order valence-electron chi connectivity index (χ4n) is 3.09. The molecule has 1 heterocycles. The summed E-state index contributed by atoms with van der Waals surface area (Å²) < 4.78 is 5.60. The molecule has 0 radical (unpaired) electrons. The third-order valence-corrected chi connectivity index (χ3v) is 3.64. The molecule has 19 heavy (non-hydrogen) atoms. The van der Waals surface area contributed by atoms with Gasteiger partial charge < -0.3 is 10.5 Å². The number of nitrogens with two attached hydrogens (primary N) is 1. The molecule has 1 aliphatic carbocycles. The van der Waals surface area contributed by atoms with E-state index in [4.69, 9.17) is 10.5 Å². The number of nitrogens with zero attached hydrogens (tertiary/aromatic N) is 1. The van der Waals surface area contributed by atoms with Crippen LogP contribution in [0, 0.1) is 11.3 Å². The SMILES string of the molecule is CC1CC(OC(=O)c2ccc(N)nc2)CC(C)(C)C1. The first-order valence-corrected chi connectivity index (χ1v) is 6.78. The van der Waals surface area contributed by atoms with Crippen LogP contribution in [0.15, 0.2) is 18.3 Å². The van der Waals surface area contributed by atoms with Gasteiger partial charge in [-0.2, -0.15) is 0 Å². The highest BCUT2D eigenvalue weighted by molar-refractivity contribution is 5.89. The maximum atomic E-state index is 12.0. The van der Waals surface area contributed by atoms with E-state index in [9.17, 15) is 4.79 Å². The molecule has 4 heteroatoms. The molecule has 0 aliphatic heterocycles. The molecule has 0 spiro atoms. The molecule has 0 saturated heterocycles. The fraction of sp³-hybridized carbons (Fsp3) is 0.600. The summed E-state index contributed by atoms with van der Waals surface area (Å²) in [5.41, 5.74) is 6.20. The lowest BCUT2D eigenvalue weighted by Crippen LogP contribution is -2.34. The Morgan fingerprint density at radius 3 is 2.74 bits per heavy atom. The number of rotatable bonds is 2. The predicted molar refractivity (Wildman–Crippen MR) is 74.6 cm³/mol. The lowest BCUT2D eigenvalue weighted by molar-refractivity contribution is -0.00717. The minimum Gasteiger partial charge on any atom is -0.459 e. The number of anilines is 1. The second-order valence-corrected chi connectivity index (χ2v) is 6.41. The number of hydrogen-bond acceptors (Lipinski definition) is 4. The van der Waals surface area contributed by atoms with E-state index in [1.807, 2.05) is 0 Å². The van der Waals surface area contributed by atoms with Crippen molar-refractivity contribution < 1.29 is 9.53 Å². The molecule has 2 N–H and O–H groups in total.